The van der Waals surface area contributed by atoms with Crippen molar-refractivity contribution in [3.63, 3.8) is 0 Å². The molecule has 2 fully saturated rings. The minimum Gasteiger partial charge on any atom is -0.384 e. The van der Waals surface area contributed by atoms with E-state index in [1.165, 1.54) is 0 Å². The molecule has 106 valence electrons. The van der Waals surface area contributed by atoms with Gasteiger partial charge in [0.25, 0.3) is 0 Å². The molecule has 2 aliphatic heterocycles. The number of rotatable bonds is 3. The molecule has 0 amide bonds. The van der Waals surface area contributed by atoms with Crippen molar-refractivity contribution in [2.24, 2.45) is 0 Å². The Morgan fingerprint density at radius 3 is 2.22 bits per heavy atom. The molecule has 2 rings (SSSR count). The van der Waals surface area contributed by atoms with Crippen molar-refractivity contribution in [3.8, 4) is 0 Å². The minimum absolute atomic E-state index is 0.247. The molecule has 0 aliphatic carbocycles. The summed E-state index contributed by atoms with van der Waals surface area (Å²) < 4.78 is 47.5. The predicted molar refractivity (Wildman–Crippen MR) is 57.0 cm³/mol. The first kappa shape index (κ1) is 14.0. The summed E-state index contributed by atoms with van der Waals surface area (Å²) in [5.41, 5.74) is 0. The van der Waals surface area contributed by atoms with Gasteiger partial charge >= 0.3 is 6.18 Å². The van der Waals surface area contributed by atoms with Gasteiger partial charge in [0.05, 0.1) is 13.2 Å². The zero-order valence-corrected chi connectivity index (χ0v) is 10.1. The molecule has 0 aromatic heterocycles. The number of nitrogens with zero attached hydrogens (tertiary/aromatic N) is 1. The molecule has 7 heteroatoms. The topological polar surface area (TPSA) is 41.9 Å². The quantitative estimate of drug-likeness (QED) is 0.834. The van der Waals surface area contributed by atoms with Crippen molar-refractivity contribution in [1.82, 2.24) is 4.90 Å². The molecular weight excluding hydrogens is 251 g/mol. The third kappa shape index (κ3) is 3.34. The van der Waals surface area contributed by atoms with Crippen LogP contribution in [0.1, 0.15) is 19.3 Å². The SMILES string of the molecule is O[C@H](CCN1CCC2(CC1)OCCO2)C(F)(F)F. The van der Waals surface area contributed by atoms with E-state index >= 15 is 0 Å². The van der Waals surface area contributed by atoms with E-state index in [0.717, 1.165) is 0 Å². The molecule has 1 atom stereocenters. The van der Waals surface area contributed by atoms with Gasteiger partial charge in [-0.3, -0.25) is 0 Å². The van der Waals surface area contributed by atoms with E-state index in [-0.39, 0.29) is 13.0 Å². The van der Waals surface area contributed by atoms with E-state index < -0.39 is 18.1 Å². The predicted octanol–water partition coefficient (Wildman–Crippen LogP) is 1.14. The Morgan fingerprint density at radius 2 is 1.72 bits per heavy atom. The Bertz CT molecular complexity index is 269. The molecule has 4 nitrogen and oxygen atoms in total. The maximum Gasteiger partial charge on any atom is 0.414 e. The number of piperidine rings is 1. The van der Waals surface area contributed by atoms with Crippen molar-refractivity contribution >= 4 is 0 Å². The monoisotopic (exact) mass is 269 g/mol. The van der Waals surface area contributed by atoms with Gasteiger partial charge < -0.3 is 19.5 Å². The van der Waals surface area contributed by atoms with Crippen LogP contribution in [0.5, 0.6) is 0 Å². The van der Waals surface area contributed by atoms with Gasteiger partial charge in [0, 0.05) is 32.5 Å². The van der Waals surface area contributed by atoms with Crippen molar-refractivity contribution in [2.45, 2.75) is 37.3 Å². The van der Waals surface area contributed by atoms with Gasteiger partial charge in [-0.25, -0.2) is 0 Å². The summed E-state index contributed by atoms with van der Waals surface area (Å²) in [5.74, 6) is -0.501. The Morgan fingerprint density at radius 1 is 1.17 bits per heavy atom. The lowest BCUT2D eigenvalue weighted by molar-refractivity contribution is -0.209. The van der Waals surface area contributed by atoms with Crippen LogP contribution in [0.3, 0.4) is 0 Å². The van der Waals surface area contributed by atoms with E-state index in [1.54, 1.807) is 0 Å². The molecule has 2 heterocycles. The highest BCUT2D eigenvalue weighted by Gasteiger charge is 2.41. The van der Waals surface area contributed by atoms with E-state index in [9.17, 15) is 13.2 Å². The number of likely N-dealkylation sites (tertiary alicyclic amines) is 1. The zero-order chi connectivity index (χ0) is 13.2. The van der Waals surface area contributed by atoms with Gasteiger partial charge in [-0.1, -0.05) is 0 Å². The smallest absolute Gasteiger partial charge is 0.384 e. The molecule has 2 aliphatic rings. The Kier molecular flexibility index (Phi) is 4.15. The number of aliphatic hydroxyl groups excluding tert-OH is 1. The normalized spacial score (nSPS) is 26.7. The number of hydrogen-bond donors (Lipinski definition) is 1. The van der Waals surface area contributed by atoms with Crippen LogP contribution in [0.4, 0.5) is 13.2 Å². The van der Waals surface area contributed by atoms with Gasteiger partial charge in [-0.05, 0) is 6.42 Å². The molecule has 2 saturated heterocycles. The van der Waals surface area contributed by atoms with Gasteiger partial charge in [0.1, 0.15) is 0 Å². The summed E-state index contributed by atoms with van der Waals surface area (Å²) in [7, 11) is 0. The van der Waals surface area contributed by atoms with Crippen molar-refractivity contribution in [1.29, 1.82) is 0 Å². The van der Waals surface area contributed by atoms with Gasteiger partial charge in [-0.15, -0.1) is 0 Å². The molecule has 0 aromatic rings. The first-order valence-electron chi connectivity index (χ1n) is 6.16. The lowest BCUT2D eigenvalue weighted by Gasteiger charge is -2.37. The number of aliphatic hydroxyl groups is 1. The van der Waals surface area contributed by atoms with Crippen molar-refractivity contribution in [3.05, 3.63) is 0 Å². The molecule has 1 spiro atoms. The highest BCUT2D eigenvalue weighted by Crippen LogP contribution is 2.31. The number of alkyl halides is 3. The van der Waals surface area contributed by atoms with Crippen molar-refractivity contribution in [2.75, 3.05) is 32.8 Å². The second kappa shape index (κ2) is 5.32. The fourth-order valence-electron chi connectivity index (χ4n) is 2.37. The summed E-state index contributed by atoms with van der Waals surface area (Å²) in [5, 5.41) is 8.92. The molecule has 0 bridgehead atoms. The highest BCUT2D eigenvalue weighted by atomic mass is 19.4. The fourth-order valence-corrected chi connectivity index (χ4v) is 2.37. The van der Waals surface area contributed by atoms with E-state index in [0.29, 0.717) is 39.1 Å². The highest BCUT2D eigenvalue weighted by molar-refractivity contribution is 4.83. The standard InChI is InChI=1S/C11H18F3NO3/c12-11(13,14)9(16)1-4-15-5-2-10(3-6-15)17-7-8-18-10/h9,16H,1-8H2/t9-/m1/s1. The molecule has 0 aromatic carbocycles. The lowest BCUT2D eigenvalue weighted by atomic mass is 10.0. The molecule has 18 heavy (non-hydrogen) atoms. The van der Waals surface area contributed by atoms with Crippen LogP contribution >= 0.6 is 0 Å². The molecule has 0 radical (unpaired) electrons. The largest absolute Gasteiger partial charge is 0.414 e. The average molecular weight is 269 g/mol. The van der Waals surface area contributed by atoms with E-state index in [2.05, 4.69) is 0 Å². The second-order valence-corrected chi connectivity index (χ2v) is 4.80. The maximum atomic E-state index is 12.1. The summed E-state index contributed by atoms with van der Waals surface area (Å²) in [6.07, 6.45) is -5.68. The van der Waals surface area contributed by atoms with Crippen LogP contribution in [-0.2, 0) is 9.47 Å². The minimum atomic E-state index is -4.52. The molecular formula is C11H18F3NO3. The molecule has 0 unspecified atom stereocenters. The summed E-state index contributed by atoms with van der Waals surface area (Å²) in [6, 6.07) is 0. The van der Waals surface area contributed by atoms with Crippen LogP contribution in [0.15, 0.2) is 0 Å². The van der Waals surface area contributed by atoms with Gasteiger partial charge in [0.2, 0.25) is 0 Å². The zero-order valence-electron chi connectivity index (χ0n) is 10.1. The Hall–Kier alpha value is -0.370. The fraction of sp³-hybridized carbons (Fsp3) is 1.00. The third-order valence-electron chi connectivity index (χ3n) is 3.53. The lowest BCUT2D eigenvalue weighted by Crippen LogP contribution is -2.46. The third-order valence-corrected chi connectivity index (χ3v) is 3.53. The van der Waals surface area contributed by atoms with E-state index in [4.69, 9.17) is 14.6 Å². The molecule has 1 N–H and O–H groups in total. The maximum absolute atomic E-state index is 12.1. The van der Waals surface area contributed by atoms with Crippen LogP contribution < -0.4 is 0 Å². The van der Waals surface area contributed by atoms with Crippen LogP contribution in [0.25, 0.3) is 0 Å². The number of hydrogen-bond acceptors (Lipinski definition) is 4. The summed E-state index contributed by atoms with van der Waals surface area (Å²) in [4.78, 5) is 1.91. The van der Waals surface area contributed by atoms with Crippen LogP contribution in [0, 0.1) is 0 Å². The second-order valence-electron chi connectivity index (χ2n) is 4.80. The first-order valence-corrected chi connectivity index (χ1v) is 6.16. The van der Waals surface area contributed by atoms with E-state index in [1.807, 2.05) is 4.90 Å². The number of halogens is 3. The Labute approximate surface area is 104 Å². The number of ether oxygens (including phenoxy) is 2. The first-order chi connectivity index (χ1) is 8.41. The van der Waals surface area contributed by atoms with Gasteiger partial charge in [0.15, 0.2) is 11.9 Å². The summed E-state index contributed by atoms with van der Waals surface area (Å²) in [6.45, 7) is 2.71. The molecule has 0 saturated carbocycles. The summed E-state index contributed by atoms with van der Waals surface area (Å²) >= 11 is 0. The van der Waals surface area contributed by atoms with Crippen LogP contribution in [0.2, 0.25) is 0 Å². The average Bonchev–Trinajstić information content (AvgIpc) is 2.75. The van der Waals surface area contributed by atoms with Crippen LogP contribution in [-0.4, -0.2) is 60.9 Å². The van der Waals surface area contributed by atoms with Gasteiger partial charge in [-0.2, -0.15) is 13.2 Å². The van der Waals surface area contributed by atoms with Crippen molar-refractivity contribution < 1.29 is 27.8 Å². The Balaban J connectivity index is 1.71.